The first-order chi connectivity index (χ1) is 19.8. The standard InChI is InChI=1S/C34H42N2O5/c1-5-8-24(4)36(21-25(23-37)9-6-2)22-30-19-32(39)34(40)33(41-30)20-35-29-17-15-27(16-18-29)26-11-13-28(14-12-26)31(38)10-7-3/h5,11-19,21,24,35,37,40H,1,6-10,20,22-23H2,2-4H3. The molecular weight excluding hydrogens is 516 g/mol. The number of rotatable bonds is 16. The molecule has 0 saturated carbocycles. The van der Waals surface area contributed by atoms with Gasteiger partial charge in [-0.25, -0.2) is 0 Å². The molecule has 3 N–H and O–H groups in total. The number of benzene rings is 2. The first-order valence-electron chi connectivity index (χ1n) is 14.3. The predicted molar refractivity (Wildman–Crippen MR) is 165 cm³/mol. The predicted octanol–water partition coefficient (Wildman–Crippen LogP) is 7.05. The number of Topliss-reactive ketones (excluding diaryl/α,β-unsaturated/α-hetero) is 1. The van der Waals surface area contributed by atoms with Crippen LogP contribution in [0, 0.1) is 0 Å². The van der Waals surface area contributed by atoms with E-state index in [0.29, 0.717) is 18.7 Å². The summed E-state index contributed by atoms with van der Waals surface area (Å²) in [7, 11) is 0. The molecule has 0 aliphatic carbocycles. The lowest BCUT2D eigenvalue weighted by Crippen LogP contribution is -2.28. The Morgan fingerprint density at radius 2 is 1.68 bits per heavy atom. The molecule has 0 saturated heterocycles. The van der Waals surface area contributed by atoms with Gasteiger partial charge in [0.05, 0.1) is 19.7 Å². The highest BCUT2D eigenvalue weighted by Gasteiger charge is 2.16. The van der Waals surface area contributed by atoms with E-state index in [2.05, 4.69) is 18.8 Å². The van der Waals surface area contributed by atoms with Crippen molar-refractivity contribution in [3.63, 3.8) is 0 Å². The first kappa shape index (κ1) is 31.4. The van der Waals surface area contributed by atoms with Gasteiger partial charge in [-0.2, -0.15) is 0 Å². The van der Waals surface area contributed by atoms with E-state index in [-0.39, 0.29) is 30.7 Å². The van der Waals surface area contributed by atoms with Gasteiger partial charge < -0.3 is 24.8 Å². The molecule has 1 unspecified atom stereocenters. The van der Waals surface area contributed by atoms with Gasteiger partial charge in [0.1, 0.15) is 5.76 Å². The zero-order valence-electron chi connectivity index (χ0n) is 24.4. The van der Waals surface area contributed by atoms with Crippen molar-refractivity contribution in [2.24, 2.45) is 0 Å². The smallest absolute Gasteiger partial charge is 0.227 e. The molecule has 1 atom stereocenters. The maximum atomic E-state index is 12.6. The second-order valence-corrected chi connectivity index (χ2v) is 10.3. The number of ketones is 1. The Morgan fingerprint density at radius 1 is 1.05 bits per heavy atom. The van der Waals surface area contributed by atoms with E-state index in [4.69, 9.17) is 4.42 Å². The van der Waals surface area contributed by atoms with Gasteiger partial charge in [0.15, 0.2) is 11.5 Å². The van der Waals surface area contributed by atoms with E-state index < -0.39 is 11.2 Å². The van der Waals surface area contributed by atoms with Crippen molar-refractivity contribution in [1.29, 1.82) is 0 Å². The molecule has 7 nitrogen and oxygen atoms in total. The van der Waals surface area contributed by atoms with Gasteiger partial charge in [-0.1, -0.05) is 62.7 Å². The molecule has 3 aromatic rings. The summed E-state index contributed by atoms with van der Waals surface area (Å²) >= 11 is 0. The third kappa shape index (κ3) is 8.95. The lowest BCUT2D eigenvalue weighted by Gasteiger charge is -2.28. The Kier molecular flexibility index (Phi) is 12.0. The molecule has 0 bridgehead atoms. The van der Waals surface area contributed by atoms with Crippen molar-refractivity contribution in [1.82, 2.24) is 4.90 Å². The van der Waals surface area contributed by atoms with Crippen molar-refractivity contribution < 1.29 is 19.4 Å². The van der Waals surface area contributed by atoms with E-state index >= 15 is 0 Å². The number of carbonyl (C=O) groups is 1. The van der Waals surface area contributed by atoms with Crippen molar-refractivity contribution in [3.8, 4) is 16.9 Å². The zero-order chi connectivity index (χ0) is 29.8. The summed E-state index contributed by atoms with van der Waals surface area (Å²) in [6.45, 7) is 10.3. The Morgan fingerprint density at radius 3 is 2.27 bits per heavy atom. The highest BCUT2D eigenvalue weighted by atomic mass is 16.4. The summed E-state index contributed by atoms with van der Waals surface area (Å²) in [6.07, 6.45) is 7.54. The Hall–Kier alpha value is -4.10. The van der Waals surface area contributed by atoms with E-state index in [0.717, 1.165) is 53.6 Å². The van der Waals surface area contributed by atoms with Gasteiger partial charge in [0.2, 0.25) is 11.2 Å². The van der Waals surface area contributed by atoms with Crippen LogP contribution in [-0.2, 0) is 13.1 Å². The van der Waals surface area contributed by atoms with Gasteiger partial charge in [-0.3, -0.25) is 9.59 Å². The van der Waals surface area contributed by atoms with Gasteiger partial charge >= 0.3 is 0 Å². The number of aliphatic hydroxyl groups is 1. The van der Waals surface area contributed by atoms with Gasteiger partial charge in [-0.15, -0.1) is 6.58 Å². The van der Waals surface area contributed by atoms with Crippen LogP contribution in [0.5, 0.6) is 5.75 Å². The quantitative estimate of drug-likeness (QED) is 0.128. The zero-order valence-corrected chi connectivity index (χ0v) is 24.4. The number of nitrogens with zero attached hydrogens (tertiary/aromatic N) is 1. The summed E-state index contributed by atoms with van der Waals surface area (Å²) in [5.41, 5.74) is 3.93. The number of aromatic hydroxyl groups is 1. The average Bonchev–Trinajstić information content (AvgIpc) is 2.98. The minimum Gasteiger partial charge on any atom is -0.502 e. The fourth-order valence-corrected chi connectivity index (χ4v) is 4.59. The molecule has 3 rings (SSSR count). The summed E-state index contributed by atoms with van der Waals surface area (Å²) < 4.78 is 5.99. The van der Waals surface area contributed by atoms with Crippen LogP contribution in [0.4, 0.5) is 5.69 Å². The molecule has 0 amide bonds. The van der Waals surface area contributed by atoms with Crippen LogP contribution in [0.25, 0.3) is 11.1 Å². The minimum absolute atomic E-state index is 0.0391. The minimum atomic E-state index is -0.504. The van der Waals surface area contributed by atoms with Crippen LogP contribution < -0.4 is 10.7 Å². The number of aliphatic hydroxyl groups excluding tert-OH is 1. The summed E-state index contributed by atoms with van der Waals surface area (Å²) in [6, 6.07) is 16.8. The monoisotopic (exact) mass is 558 g/mol. The number of hydrogen-bond donors (Lipinski definition) is 3. The van der Waals surface area contributed by atoms with Crippen LogP contribution in [0.3, 0.4) is 0 Å². The molecule has 0 radical (unpaired) electrons. The highest BCUT2D eigenvalue weighted by molar-refractivity contribution is 5.96. The van der Waals surface area contributed by atoms with E-state index in [1.807, 2.05) is 79.6 Å². The molecule has 0 aliphatic heterocycles. The lowest BCUT2D eigenvalue weighted by molar-refractivity contribution is 0.0981. The van der Waals surface area contributed by atoms with Gasteiger partial charge in [-0.05, 0) is 55.0 Å². The number of nitrogens with one attached hydrogen (secondary N) is 1. The fraction of sp³-hybridized carbons (Fsp3) is 0.353. The van der Waals surface area contributed by atoms with E-state index in [1.54, 1.807) is 0 Å². The Labute approximate surface area is 242 Å². The number of hydrogen-bond acceptors (Lipinski definition) is 7. The van der Waals surface area contributed by atoms with Crippen LogP contribution in [0.2, 0.25) is 0 Å². The molecule has 0 fully saturated rings. The lowest BCUT2D eigenvalue weighted by atomic mass is 10.0. The van der Waals surface area contributed by atoms with Crippen LogP contribution in [-0.4, -0.2) is 33.5 Å². The SMILES string of the molecule is C=CCC(C)N(C=C(CO)CCC)Cc1cc(=O)c(O)c(CNc2ccc(-c3ccc(C(=O)CCC)cc3)cc2)o1. The molecule has 0 spiro atoms. The van der Waals surface area contributed by atoms with Crippen molar-refractivity contribution in [3.05, 3.63) is 106 Å². The molecule has 41 heavy (non-hydrogen) atoms. The second kappa shape index (κ2) is 15.6. The van der Waals surface area contributed by atoms with Gasteiger partial charge in [0, 0.05) is 36.0 Å². The van der Waals surface area contributed by atoms with Crippen molar-refractivity contribution in [2.45, 2.75) is 72.0 Å². The second-order valence-electron chi connectivity index (χ2n) is 10.3. The molecule has 218 valence electrons. The molecule has 1 aromatic heterocycles. The highest BCUT2D eigenvalue weighted by Crippen LogP contribution is 2.24. The normalized spacial score (nSPS) is 12.1. The van der Waals surface area contributed by atoms with Gasteiger partial charge in [0.25, 0.3) is 0 Å². The van der Waals surface area contributed by atoms with Crippen molar-refractivity contribution in [2.75, 3.05) is 11.9 Å². The fourth-order valence-electron chi connectivity index (χ4n) is 4.59. The topological polar surface area (TPSA) is 103 Å². The van der Waals surface area contributed by atoms with Crippen LogP contribution in [0.15, 0.2) is 88.2 Å². The summed E-state index contributed by atoms with van der Waals surface area (Å²) in [5, 5.41) is 23.4. The van der Waals surface area contributed by atoms with Crippen LogP contribution >= 0.6 is 0 Å². The first-order valence-corrected chi connectivity index (χ1v) is 14.3. The molecular formula is C34H42N2O5. The third-order valence-electron chi connectivity index (χ3n) is 6.93. The molecule has 2 aromatic carbocycles. The molecule has 7 heteroatoms. The number of anilines is 1. The third-order valence-corrected chi connectivity index (χ3v) is 6.93. The number of carbonyl (C=O) groups excluding carboxylic acids is 1. The van der Waals surface area contributed by atoms with Crippen LogP contribution in [0.1, 0.15) is 74.8 Å². The summed E-state index contributed by atoms with van der Waals surface area (Å²) in [5.74, 6) is 0.306. The maximum absolute atomic E-state index is 12.6. The van der Waals surface area contributed by atoms with E-state index in [1.165, 1.54) is 6.07 Å². The Bertz CT molecular complexity index is 1370. The molecule has 1 heterocycles. The Balaban J connectivity index is 1.74. The molecule has 0 aliphatic rings. The maximum Gasteiger partial charge on any atom is 0.227 e. The van der Waals surface area contributed by atoms with E-state index in [9.17, 15) is 19.8 Å². The average molecular weight is 559 g/mol. The summed E-state index contributed by atoms with van der Waals surface area (Å²) in [4.78, 5) is 26.7. The largest absolute Gasteiger partial charge is 0.502 e. The van der Waals surface area contributed by atoms with Crippen molar-refractivity contribution >= 4 is 11.5 Å².